The van der Waals surface area contributed by atoms with E-state index < -0.39 is 0 Å². The van der Waals surface area contributed by atoms with Crippen LogP contribution in [0.2, 0.25) is 0 Å². The molecule has 7 nitrogen and oxygen atoms in total. The number of nitrogens with zero attached hydrogens (tertiary/aromatic N) is 4. The van der Waals surface area contributed by atoms with Crippen molar-refractivity contribution in [3.8, 4) is 0 Å². The van der Waals surface area contributed by atoms with Gasteiger partial charge in [-0.1, -0.05) is 0 Å². The Morgan fingerprint density at radius 1 is 1.33 bits per heavy atom. The molecular weight excluding hydrogens is 270 g/mol. The van der Waals surface area contributed by atoms with E-state index in [1.54, 1.807) is 11.6 Å². The Labute approximate surface area is 125 Å². The molecule has 1 aromatic heterocycles. The highest BCUT2D eigenvalue weighted by Gasteiger charge is 2.27. The normalized spacial score (nSPS) is 17.4. The summed E-state index contributed by atoms with van der Waals surface area (Å²) >= 11 is 0. The Balaban J connectivity index is 2.15. The van der Waals surface area contributed by atoms with Crippen molar-refractivity contribution in [2.75, 3.05) is 25.0 Å². The Hall–Kier alpha value is -1.63. The molecule has 0 amide bonds. The van der Waals surface area contributed by atoms with E-state index in [1.165, 1.54) is 12.8 Å². The average Bonchev–Trinajstić information content (AvgIpc) is 3.02. The highest BCUT2D eigenvalue weighted by atomic mass is 16.6. The average molecular weight is 295 g/mol. The summed E-state index contributed by atoms with van der Waals surface area (Å²) in [6.45, 7) is 10.7. The lowest BCUT2D eigenvalue weighted by molar-refractivity contribution is -0.384. The fourth-order valence-electron chi connectivity index (χ4n) is 2.85. The molecule has 21 heavy (non-hydrogen) atoms. The molecule has 0 spiro atoms. The van der Waals surface area contributed by atoms with Gasteiger partial charge in [0.05, 0.1) is 4.92 Å². The third kappa shape index (κ3) is 3.34. The van der Waals surface area contributed by atoms with Crippen LogP contribution in [0.4, 0.5) is 11.5 Å². The van der Waals surface area contributed by atoms with Crippen LogP contribution < -0.4 is 5.32 Å². The summed E-state index contributed by atoms with van der Waals surface area (Å²) in [5, 5.41) is 18.8. The van der Waals surface area contributed by atoms with Crippen molar-refractivity contribution in [3.63, 3.8) is 0 Å². The molecule has 0 bridgehead atoms. The first-order valence-electron chi connectivity index (χ1n) is 7.63. The predicted molar refractivity (Wildman–Crippen MR) is 82.8 cm³/mol. The minimum absolute atomic E-state index is 0.0852. The van der Waals surface area contributed by atoms with Crippen LogP contribution in [0, 0.1) is 17.0 Å². The van der Waals surface area contributed by atoms with E-state index in [4.69, 9.17) is 0 Å². The van der Waals surface area contributed by atoms with Crippen molar-refractivity contribution in [2.24, 2.45) is 0 Å². The molecule has 118 valence electrons. The lowest BCUT2D eigenvalue weighted by atomic mass is 10.3. The number of aromatic nitrogens is 2. The number of anilines is 1. The van der Waals surface area contributed by atoms with E-state index in [1.807, 2.05) is 13.8 Å². The largest absolute Gasteiger partial charge is 0.363 e. The van der Waals surface area contributed by atoms with Crippen molar-refractivity contribution in [2.45, 2.75) is 52.6 Å². The summed E-state index contributed by atoms with van der Waals surface area (Å²) in [6.07, 6.45) is 2.49. The van der Waals surface area contributed by atoms with Gasteiger partial charge in [0.15, 0.2) is 0 Å². The van der Waals surface area contributed by atoms with Crippen molar-refractivity contribution in [3.05, 3.63) is 15.8 Å². The number of hydrogen-bond acceptors (Lipinski definition) is 5. The fraction of sp³-hybridized carbons (Fsp3) is 0.786. The molecule has 2 heterocycles. The highest BCUT2D eigenvalue weighted by Crippen LogP contribution is 2.30. The van der Waals surface area contributed by atoms with Gasteiger partial charge >= 0.3 is 5.69 Å². The van der Waals surface area contributed by atoms with E-state index in [0.29, 0.717) is 24.1 Å². The third-order valence-electron chi connectivity index (χ3n) is 4.05. The lowest BCUT2D eigenvalue weighted by Gasteiger charge is -2.24. The van der Waals surface area contributed by atoms with E-state index in [-0.39, 0.29) is 16.7 Å². The van der Waals surface area contributed by atoms with Crippen LogP contribution in [-0.2, 0) is 0 Å². The van der Waals surface area contributed by atoms with Crippen LogP contribution >= 0.6 is 0 Å². The van der Waals surface area contributed by atoms with Gasteiger partial charge in [0.1, 0.15) is 5.69 Å². The summed E-state index contributed by atoms with van der Waals surface area (Å²) in [4.78, 5) is 13.4. The van der Waals surface area contributed by atoms with Gasteiger partial charge in [-0.3, -0.25) is 15.0 Å². The SMILES string of the molecule is Cc1nn(C(C)C)c(NCC(C)N2CCCC2)c1[N+](=O)[O-]. The maximum absolute atomic E-state index is 11.3. The quantitative estimate of drug-likeness (QED) is 0.645. The smallest absolute Gasteiger partial charge is 0.333 e. The Bertz CT molecular complexity index is 506. The van der Waals surface area contributed by atoms with Crippen LogP contribution in [0.25, 0.3) is 0 Å². The Kier molecular flexibility index (Phi) is 4.82. The number of nitrogens with one attached hydrogen (secondary N) is 1. The van der Waals surface area contributed by atoms with Crippen LogP contribution in [-0.4, -0.2) is 45.3 Å². The number of nitro groups is 1. The van der Waals surface area contributed by atoms with Crippen LogP contribution in [0.15, 0.2) is 0 Å². The minimum atomic E-state index is -0.343. The molecule has 7 heteroatoms. The standard InChI is InChI=1S/C14H25N5O2/c1-10(2)18-14(13(19(20)21)12(4)16-18)15-9-11(3)17-7-5-6-8-17/h10-11,15H,5-9H2,1-4H3. The van der Waals surface area contributed by atoms with Gasteiger partial charge in [0.25, 0.3) is 0 Å². The van der Waals surface area contributed by atoms with Crippen LogP contribution in [0.5, 0.6) is 0 Å². The molecule has 1 aliphatic heterocycles. The maximum Gasteiger partial charge on any atom is 0.333 e. The second kappa shape index (κ2) is 6.43. The van der Waals surface area contributed by atoms with Crippen molar-refractivity contribution in [1.29, 1.82) is 0 Å². The maximum atomic E-state index is 11.3. The first-order valence-corrected chi connectivity index (χ1v) is 7.63. The van der Waals surface area contributed by atoms with Gasteiger partial charge in [0, 0.05) is 18.6 Å². The number of likely N-dealkylation sites (tertiary alicyclic amines) is 1. The second-order valence-corrected chi connectivity index (χ2v) is 6.05. The zero-order valence-electron chi connectivity index (χ0n) is 13.3. The zero-order chi connectivity index (χ0) is 15.6. The summed E-state index contributed by atoms with van der Waals surface area (Å²) in [5.74, 6) is 0.526. The van der Waals surface area contributed by atoms with Gasteiger partial charge in [0.2, 0.25) is 5.82 Å². The van der Waals surface area contributed by atoms with Crippen molar-refractivity contribution < 1.29 is 4.92 Å². The van der Waals surface area contributed by atoms with Crippen molar-refractivity contribution >= 4 is 11.5 Å². The van der Waals surface area contributed by atoms with E-state index in [2.05, 4.69) is 22.2 Å². The first-order chi connectivity index (χ1) is 9.91. The molecule has 1 N–H and O–H groups in total. The molecule has 1 fully saturated rings. The Morgan fingerprint density at radius 2 is 1.95 bits per heavy atom. The first kappa shape index (κ1) is 15.8. The van der Waals surface area contributed by atoms with E-state index >= 15 is 0 Å². The summed E-state index contributed by atoms with van der Waals surface area (Å²) in [7, 11) is 0. The monoisotopic (exact) mass is 295 g/mol. The lowest BCUT2D eigenvalue weighted by Crippen LogP contribution is -2.36. The zero-order valence-corrected chi connectivity index (χ0v) is 13.3. The molecule has 0 aliphatic carbocycles. The predicted octanol–water partition coefficient (Wildman–Crippen LogP) is 2.58. The van der Waals surface area contributed by atoms with Crippen LogP contribution in [0.3, 0.4) is 0 Å². The molecule has 1 atom stereocenters. The van der Waals surface area contributed by atoms with Crippen molar-refractivity contribution in [1.82, 2.24) is 14.7 Å². The number of rotatable bonds is 6. The summed E-state index contributed by atoms with van der Waals surface area (Å²) in [5.41, 5.74) is 0.558. The number of aryl methyl sites for hydroxylation is 1. The van der Waals surface area contributed by atoms with Gasteiger partial charge in [-0.05, 0) is 53.6 Å². The second-order valence-electron chi connectivity index (χ2n) is 6.05. The molecular formula is C14H25N5O2. The van der Waals surface area contributed by atoms with Crippen LogP contribution in [0.1, 0.15) is 45.3 Å². The number of hydrogen-bond donors (Lipinski definition) is 1. The Morgan fingerprint density at radius 3 is 2.48 bits per heavy atom. The molecule has 1 unspecified atom stereocenters. The van der Waals surface area contributed by atoms with Gasteiger partial charge < -0.3 is 5.32 Å². The molecule has 0 aromatic carbocycles. The van der Waals surface area contributed by atoms with E-state index in [0.717, 1.165) is 13.1 Å². The molecule has 0 saturated carbocycles. The van der Waals surface area contributed by atoms with Gasteiger partial charge in [-0.15, -0.1) is 0 Å². The molecule has 0 radical (unpaired) electrons. The molecule has 2 rings (SSSR count). The minimum Gasteiger partial charge on any atom is -0.363 e. The third-order valence-corrected chi connectivity index (χ3v) is 4.05. The molecule has 1 aromatic rings. The summed E-state index contributed by atoms with van der Waals surface area (Å²) in [6, 6.07) is 0.449. The molecule has 1 aliphatic rings. The van der Waals surface area contributed by atoms with Gasteiger partial charge in [-0.25, -0.2) is 4.68 Å². The van der Waals surface area contributed by atoms with E-state index in [9.17, 15) is 10.1 Å². The highest BCUT2D eigenvalue weighted by molar-refractivity contribution is 5.59. The summed E-state index contributed by atoms with van der Waals surface area (Å²) < 4.78 is 1.71. The van der Waals surface area contributed by atoms with Gasteiger partial charge in [-0.2, -0.15) is 5.10 Å². The molecule has 1 saturated heterocycles. The topological polar surface area (TPSA) is 76.2 Å². The fourth-order valence-corrected chi connectivity index (χ4v) is 2.85.